The van der Waals surface area contributed by atoms with Crippen LogP contribution < -0.4 is 5.73 Å². The van der Waals surface area contributed by atoms with Crippen LogP contribution in [0.1, 0.15) is 6.92 Å². The van der Waals surface area contributed by atoms with E-state index in [0.717, 1.165) is 17.6 Å². The number of carbonyl (C=O) groups is 1. The largest absolute Gasteiger partial charge is 0.481 e. The Morgan fingerprint density at radius 2 is 2.12 bits per heavy atom. The van der Waals surface area contributed by atoms with E-state index in [1.165, 1.54) is 0 Å². The van der Waals surface area contributed by atoms with Gasteiger partial charge in [-0.15, -0.1) is 11.3 Å². The van der Waals surface area contributed by atoms with Gasteiger partial charge in [0.1, 0.15) is 5.01 Å². The number of rotatable bonds is 1. The quantitative estimate of drug-likeness (QED) is 0.790. The molecular weight excluding hydrogens is 226 g/mol. The van der Waals surface area contributed by atoms with E-state index in [2.05, 4.69) is 9.97 Å². The van der Waals surface area contributed by atoms with Crippen molar-refractivity contribution in [2.75, 3.05) is 5.73 Å². The lowest BCUT2D eigenvalue weighted by Gasteiger charge is -1.94. The lowest BCUT2D eigenvalue weighted by molar-refractivity contribution is -0.134. The summed E-state index contributed by atoms with van der Waals surface area (Å²) in [6.07, 6.45) is 3.40. The van der Waals surface area contributed by atoms with Crippen LogP contribution in [0.25, 0.3) is 10.7 Å². The number of hydrogen-bond donors (Lipinski definition) is 2. The molecule has 2 aromatic rings. The Kier molecular flexibility index (Phi) is 4.41. The minimum Gasteiger partial charge on any atom is -0.481 e. The molecule has 0 aliphatic heterocycles. The third kappa shape index (κ3) is 4.05. The topological polar surface area (TPSA) is 89.1 Å². The first kappa shape index (κ1) is 12.1. The van der Waals surface area contributed by atoms with Crippen LogP contribution in [0.5, 0.6) is 0 Å². The highest BCUT2D eigenvalue weighted by atomic mass is 32.1. The van der Waals surface area contributed by atoms with E-state index in [-0.39, 0.29) is 0 Å². The second kappa shape index (κ2) is 5.82. The molecule has 2 heterocycles. The van der Waals surface area contributed by atoms with E-state index < -0.39 is 5.97 Å². The van der Waals surface area contributed by atoms with Gasteiger partial charge in [-0.1, -0.05) is 0 Å². The number of pyridine rings is 1. The van der Waals surface area contributed by atoms with Crippen LogP contribution in [0.2, 0.25) is 0 Å². The molecule has 0 fully saturated rings. The minimum absolute atomic E-state index is 0.676. The Morgan fingerprint density at radius 3 is 2.56 bits per heavy atom. The summed E-state index contributed by atoms with van der Waals surface area (Å²) < 4.78 is 0. The zero-order valence-corrected chi connectivity index (χ0v) is 9.44. The third-order valence-electron chi connectivity index (χ3n) is 1.44. The number of carboxylic acid groups (broad SMARTS) is 1. The van der Waals surface area contributed by atoms with Crippen molar-refractivity contribution in [3.63, 3.8) is 0 Å². The van der Waals surface area contributed by atoms with E-state index >= 15 is 0 Å². The molecule has 0 aliphatic carbocycles. The maximum Gasteiger partial charge on any atom is 0.300 e. The van der Waals surface area contributed by atoms with Crippen LogP contribution in [0.15, 0.2) is 29.9 Å². The molecule has 3 N–H and O–H groups in total. The van der Waals surface area contributed by atoms with Gasteiger partial charge in [0, 0.05) is 18.5 Å². The predicted molar refractivity (Wildman–Crippen MR) is 63.1 cm³/mol. The van der Waals surface area contributed by atoms with Crippen LogP contribution in [-0.4, -0.2) is 21.0 Å². The van der Waals surface area contributed by atoms with Gasteiger partial charge < -0.3 is 10.8 Å². The Morgan fingerprint density at radius 1 is 1.44 bits per heavy atom. The third-order valence-corrected chi connectivity index (χ3v) is 2.23. The number of aromatic nitrogens is 2. The molecule has 2 aromatic heterocycles. The Bertz CT molecular complexity index is 436. The second-order valence-electron chi connectivity index (χ2n) is 2.83. The molecule has 84 valence electrons. The van der Waals surface area contributed by atoms with Gasteiger partial charge in [0.2, 0.25) is 0 Å². The lowest BCUT2D eigenvalue weighted by Crippen LogP contribution is -1.87. The maximum atomic E-state index is 9.00. The monoisotopic (exact) mass is 237 g/mol. The fourth-order valence-electron chi connectivity index (χ4n) is 0.882. The minimum atomic E-state index is -0.833. The van der Waals surface area contributed by atoms with E-state index in [9.17, 15) is 0 Å². The van der Waals surface area contributed by atoms with Crippen molar-refractivity contribution in [2.45, 2.75) is 6.92 Å². The summed E-state index contributed by atoms with van der Waals surface area (Å²) in [5.41, 5.74) is 7.05. The van der Waals surface area contributed by atoms with Gasteiger partial charge in [-0.3, -0.25) is 9.78 Å². The Balaban J connectivity index is 0.000000280. The molecule has 0 saturated heterocycles. The normalized spacial score (nSPS) is 9.06. The SMILES string of the molecule is CC(=O)O.Nc1ccc(-c2nccs2)nc1. The van der Waals surface area contributed by atoms with Gasteiger partial charge in [-0.05, 0) is 12.1 Å². The molecule has 0 aromatic carbocycles. The van der Waals surface area contributed by atoms with E-state index in [0.29, 0.717) is 5.69 Å². The molecule has 0 spiro atoms. The van der Waals surface area contributed by atoms with Crippen LogP contribution in [-0.2, 0) is 4.79 Å². The van der Waals surface area contributed by atoms with Crippen molar-refractivity contribution in [3.05, 3.63) is 29.9 Å². The molecule has 0 bridgehead atoms. The van der Waals surface area contributed by atoms with Crippen molar-refractivity contribution in [1.29, 1.82) is 0 Å². The lowest BCUT2D eigenvalue weighted by atomic mass is 10.3. The molecule has 0 atom stereocenters. The number of carboxylic acids is 1. The Labute approximate surface area is 96.6 Å². The van der Waals surface area contributed by atoms with E-state index in [4.69, 9.17) is 15.6 Å². The second-order valence-corrected chi connectivity index (χ2v) is 3.73. The molecule has 0 amide bonds. The summed E-state index contributed by atoms with van der Waals surface area (Å²) in [5.74, 6) is -0.833. The average molecular weight is 237 g/mol. The van der Waals surface area contributed by atoms with Gasteiger partial charge in [-0.2, -0.15) is 0 Å². The predicted octanol–water partition coefficient (Wildman–Crippen LogP) is 1.88. The summed E-state index contributed by atoms with van der Waals surface area (Å²) in [5, 5.41) is 10.3. The molecule has 0 saturated carbocycles. The zero-order valence-electron chi connectivity index (χ0n) is 8.62. The first-order valence-corrected chi connectivity index (χ1v) is 5.28. The molecule has 5 nitrogen and oxygen atoms in total. The van der Waals surface area contributed by atoms with Crippen molar-refractivity contribution in [2.24, 2.45) is 0 Å². The summed E-state index contributed by atoms with van der Waals surface area (Å²) >= 11 is 1.57. The fraction of sp³-hybridized carbons (Fsp3) is 0.100. The standard InChI is InChI=1S/C8H7N3S.C2H4O2/c9-6-1-2-7(11-5-6)8-10-3-4-12-8;1-2(3)4/h1-5H,9H2;1H3,(H,3,4). The molecular formula is C10H11N3O2S. The maximum absolute atomic E-state index is 9.00. The van der Waals surface area contributed by atoms with Crippen LogP contribution >= 0.6 is 11.3 Å². The smallest absolute Gasteiger partial charge is 0.300 e. The van der Waals surface area contributed by atoms with Crippen LogP contribution in [0, 0.1) is 0 Å². The molecule has 0 radical (unpaired) electrons. The van der Waals surface area contributed by atoms with Gasteiger partial charge in [0.05, 0.1) is 17.6 Å². The van der Waals surface area contributed by atoms with Gasteiger partial charge >= 0.3 is 0 Å². The number of thiazole rings is 1. The van der Waals surface area contributed by atoms with Crippen molar-refractivity contribution in [3.8, 4) is 10.7 Å². The van der Waals surface area contributed by atoms with E-state index in [1.54, 1.807) is 23.7 Å². The number of nitrogen functional groups attached to an aromatic ring is 1. The summed E-state index contributed by atoms with van der Waals surface area (Å²) in [4.78, 5) is 17.3. The highest BCUT2D eigenvalue weighted by Gasteiger charge is 1.99. The highest BCUT2D eigenvalue weighted by molar-refractivity contribution is 7.13. The first-order valence-electron chi connectivity index (χ1n) is 4.40. The van der Waals surface area contributed by atoms with Gasteiger partial charge in [0.15, 0.2) is 0 Å². The number of anilines is 1. The van der Waals surface area contributed by atoms with Crippen molar-refractivity contribution in [1.82, 2.24) is 9.97 Å². The van der Waals surface area contributed by atoms with Crippen LogP contribution in [0.3, 0.4) is 0 Å². The van der Waals surface area contributed by atoms with Gasteiger partial charge in [0.25, 0.3) is 5.97 Å². The Hall–Kier alpha value is -1.95. The molecule has 0 aliphatic rings. The summed E-state index contributed by atoms with van der Waals surface area (Å²) in [7, 11) is 0. The molecule has 2 rings (SSSR count). The number of nitrogens with zero attached hydrogens (tertiary/aromatic N) is 2. The molecule has 0 unspecified atom stereocenters. The van der Waals surface area contributed by atoms with E-state index in [1.807, 2.05) is 17.5 Å². The average Bonchev–Trinajstić information content (AvgIpc) is 2.71. The summed E-state index contributed by atoms with van der Waals surface area (Å²) in [6.45, 7) is 1.08. The van der Waals surface area contributed by atoms with Crippen molar-refractivity contribution < 1.29 is 9.90 Å². The molecule has 6 heteroatoms. The molecule has 16 heavy (non-hydrogen) atoms. The zero-order chi connectivity index (χ0) is 12.0. The number of nitrogens with two attached hydrogens (primary N) is 1. The summed E-state index contributed by atoms with van der Waals surface area (Å²) in [6, 6.07) is 3.69. The van der Waals surface area contributed by atoms with Crippen LogP contribution in [0.4, 0.5) is 5.69 Å². The highest BCUT2D eigenvalue weighted by Crippen LogP contribution is 2.19. The number of hydrogen-bond acceptors (Lipinski definition) is 5. The van der Waals surface area contributed by atoms with Gasteiger partial charge in [-0.25, -0.2) is 4.98 Å². The first-order chi connectivity index (χ1) is 7.59. The van der Waals surface area contributed by atoms with Crippen molar-refractivity contribution >= 4 is 23.0 Å². The number of aliphatic carboxylic acids is 1. The fourth-order valence-corrected chi connectivity index (χ4v) is 1.50.